The predicted molar refractivity (Wildman–Crippen MR) is 355 cm³/mol. The van der Waals surface area contributed by atoms with Crippen LogP contribution in [0.5, 0.6) is 0 Å². The Balaban J connectivity index is 0.612. The molecular formula is C68H84F5N9O12S3. The zero-order valence-corrected chi connectivity index (χ0v) is 56.9. The van der Waals surface area contributed by atoms with Crippen molar-refractivity contribution in [2.45, 2.75) is 110 Å². The number of fused-ring (bicyclic) bond motifs is 1. The summed E-state index contributed by atoms with van der Waals surface area (Å²) in [6, 6.07) is 21.1. The number of sulfone groups is 1. The minimum absolute atomic E-state index is 0.0250. The first kappa shape index (κ1) is 71.7. The number of piperazine rings is 2. The fraction of sp³-hybridized carbons (Fsp3) is 0.544. The molecule has 97 heavy (non-hydrogen) atoms. The van der Waals surface area contributed by atoms with Crippen LogP contribution in [-0.2, 0) is 43.7 Å². The number of halogens is 5. The second-order valence-corrected chi connectivity index (χ2v) is 31.8. The second kappa shape index (κ2) is 30.1. The molecule has 5 amide bonds. The van der Waals surface area contributed by atoms with Crippen LogP contribution in [0.2, 0.25) is 0 Å². The summed E-state index contributed by atoms with van der Waals surface area (Å²) in [4.78, 5) is 72.8. The fourth-order valence-electron chi connectivity index (χ4n) is 14.5. The maximum atomic E-state index is 14.5. The molecule has 0 aromatic heterocycles. The first-order valence-electron chi connectivity index (χ1n) is 33.0. The number of nitrogens with one attached hydrogen (secondary N) is 4. The van der Waals surface area contributed by atoms with E-state index in [-0.39, 0.29) is 47.0 Å². The van der Waals surface area contributed by atoms with Crippen LogP contribution in [0.15, 0.2) is 117 Å². The van der Waals surface area contributed by atoms with E-state index in [9.17, 15) is 62.8 Å². The van der Waals surface area contributed by atoms with E-state index in [4.69, 9.17) is 14.2 Å². The van der Waals surface area contributed by atoms with Gasteiger partial charge in [-0.15, -0.1) is 11.8 Å². The lowest BCUT2D eigenvalue weighted by atomic mass is 9.32. The minimum atomic E-state index is -6.15. The molecule has 3 saturated carbocycles. The smallest absolute Gasteiger partial charge is 0.382 e. The molecule has 29 heteroatoms. The van der Waals surface area contributed by atoms with E-state index >= 15 is 0 Å². The number of benzene rings is 4. The third-order valence-electron chi connectivity index (χ3n) is 19.9. The molecule has 21 nitrogen and oxygen atoms in total. The van der Waals surface area contributed by atoms with Crippen LogP contribution in [0.3, 0.4) is 0 Å². The first-order valence-corrected chi connectivity index (χ1v) is 37.0. The van der Waals surface area contributed by atoms with E-state index in [0.29, 0.717) is 135 Å². The number of amides is 5. The van der Waals surface area contributed by atoms with Gasteiger partial charge >= 0.3 is 5.51 Å². The first-order chi connectivity index (χ1) is 46.2. The highest BCUT2D eigenvalue weighted by atomic mass is 32.2. The summed E-state index contributed by atoms with van der Waals surface area (Å²) in [5.41, 5.74) is -2.66. The SMILES string of the molecule is CC1(C)CCC(CN2CCN(c3ccc(C(=O)NS(=O)(=O)c4ccc(N[C@H](CCN5CCN(CCOCCOCCOCCNc6cccc7c6C(=O)N(C6CCC(=O)NC6=O)C7=O)CC5)CSc5ccccc5)c(S(=O)(=O)C(F)(F)F)c4)cc3)CC2)=C(C23CC(C(F)F)(C2)C3)C1. The van der Waals surface area contributed by atoms with Gasteiger partial charge in [0.05, 0.1) is 61.4 Å². The molecule has 2 bridgehead atoms. The second-order valence-electron chi connectivity index (χ2n) is 27.1. The molecule has 4 heterocycles. The molecular weight excluding hydrogens is 1330 g/mol. The van der Waals surface area contributed by atoms with Crippen LogP contribution in [0, 0.1) is 16.2 Å². The Morgan fingerprint density at radius 2 is 1.38 bits per heavy atom. The molecule has 6 fully saturated rings. The minimum Gasteiger partial charge on any atom is -0.382 e. The van der Waals surface area contributed by atoms with E-state index in [1.165, 1.54) is 41.1 Å². The molecule has 0 spiro atoms. The lowest BCUT2D eigenvalue weighted by Crippen LogP contribution is -2.66. The fourth-order valence-corrected chi connectivity index (χ4v) is 17.5. The summed E-state index contributed by atoms with van der Waals surface area (Å²) >= 11 is 1.42. The van der Waals surface area contributed by atoms with E-state index in [1.54, 1.807) is 24.3 Å². The van der Waals surface area contributed by atoms with Crippen molar-refractivity contribution in [3.05, 3.63) is 119 Å². The van der Waals surface area contributed by atoms with Gasteiger partial charge < -0.3 is 34.6 Å². The Morgan fingerprint density at radius 3 is 2.04 bits per heavy atom. The van der Waals surface area contributed by atoms with Crippen LogP contribution in [0.4, 0.5) is 39.0 Å². The Bertz CT molecular complexity index is 3790. The van der Waals surface area contributed by atoms with Crippen molar-refractivity contribution in [1.82, 2.24) is 29.6 Å². The number of sulfonamides is 1. The molecule has 8 aliphatic rings. The molecule has 4 aromatic carbocycles. The van der Waals surface area contributed by atoms with Crippen LogP contribution >= 0.6 is 11.8 Å². The third-order valence-corrected chi connectivity index (χ3v) is 23.9. The number of thioether (sulfide) groups is 1. The van der Waals surface area contributed by atoms with Crippen molar-refractivity contribution in [2.75, 3.05) is 139 Å². The van der Waals surface area contributed by atoms with Gasteiger partial charge in [0.2, 0.25) is 18.2 Å². The predicted octanol–water partition coefficient (Wildman–Crippen LogP) is 8.31. The summed E-state index contributed by atoms with van der Waals surface area (Å²) < 4.78 is 145. The van der Waals surface area contributed by atoms with Gasteiger partial charge in [-0.3, -0.25) is 44.0 Å². The quantitative estimate of drug-likeness (QED) is 0.0122. The number of anilines is 3. The Hall–Kier alpha value is -6.57. The van der Waals surface area contributed by atoms with Gasteiger partial charge in [-0.05, 0) is 129 Å². The highest BCUT2D eigenvalue weighted by molar-refractivity contribution is 7.99. The highest BCUT2D eigenvalue weighted by Gasteiger charge is 2.73. The Labute approximate surface area is 566 Å². The van der Waals surface area contributed by atoms with E-state index in [0.717, 1.165) is 66.5 Å². The number of alkyl halides is 5. The molecule has 4 aromatic rings. The van der Waals surface area contributed by atoms with Crippen LogP contribution in [0.1, 0.15) is 103 Å². The summed E-state index contributed by atoms with van der Waals surface area (Å²) in [6.45, 7) is 14.5. The molecule has 0 radical (unpaired) electrons. The molecule has 4 N–H and O–H groups in total. The summed E-state index contributed by atoms with van der Waals surface area (Å²) in [5, 5.41) is 8.36. The monoisotopic (exact) mass is 1410 g/mol. The number of hydrogen-bond acceptors (Lipinski definition) is 19. The van der Waals surface area contributed by atoms with E-state index in [2.05, 4.69) is 49.4 Å². The van der Waals surface area contributed by atoms with Gasteiger partial charge in [0.25, 0.3) is 37.6 Å². The van der Waals surface area contributed by atoms with Crippen molar-refractivity contribution in [1.29, 1.82) is 0 Å². The maximum absolute atomic E-state index is 14.5. The van der Waals surface area contributed by atoms with E-state index < -0.39 is 94.3 Å². The van der Waals surface area contributed by atoms with Gasteiger partial charge in [0, 0.05) is 124 Å². The average molecular weight is 1410 g/mol. The van der Waals surface area contributed by atoms with Crippen molar-refractivity contribution in [3.8, 4) is 0 Å². The standard InChI is InChI=1S/C68H84F5N9O12S3/c1-65(2)21-19-47(53(40-65)66-43-67(44-66,45-66)64(69)70)41-80-28-30-81(31-29-80)49-13-11-46(12-14-49)60(84)77-97(90,91)51-15-16-54(57(39-51)96(88,89)68(71,72)73)75-48(42-95-50-7-4-3-5-8-50)20-23-78-24-26-79(27-25-78)32-34-93-36-38-94-37-35-92-33-22-74-55-10-6-9-52-59(55)63(87)82(62(52)86)56-17-18-58(83)76-61(56)85/h3-16,39,48,56,64,74-75H,17-38,40-45H2,1-2H3,(H,77,84)(H,76,83,85)/t48-,56?,66?,67?/m1/s1. The number of ether oxygens (including phenoxy) is 3. The molecule has 526 valence electrons. The number of carbonyl (C=O) groups is 5. The summed E-state index contributed by atoms with van der Waals surface area (Å²) in [7, 11) is -11.1. The normalized spacial score (nSPS) is 22.9. The Morgan fingerprint density at radius 1 is 0.732 bits per heavy atom. The van der Waals surface area contributed by atoms with Crippen molar-refractivity contribution < 1.29 is 77.0 Å². The largest absolute Gasteiger partial charge is 0.501 e. The summed E-state index contributed by atoms with van der Waals surface area (Å²) in [5.74, 6) is -3.08. The van der Waals surface area contributed by atoms with Gasteiger partial charge in [0.1, 0.15) is 10.9 Å². The topological polar surface area (TPSA) is 246 Å². The zero-order chi connectivity index (χ0) is 68.9. The summed E-state index contributed by atoms with van der Waals surface area (Å²) in [6.07, 6.45) is 2.90. The molecule has 3 saturated heterocycles. The number of rotatable bonds is 31. The molecule has 4 aliphatic carbocycles. The number of allylic oxidation sites excluding steroid dienone is 1. The van der Waals surface area contributed by atoms with Crippen molar-refractivity contribution in [2.24, 2.45) is 16.2 Å². The molecule has 12 rings (SSSR count). The average Bonchev–Trinajstić information content (AvgIpc) is 1.63. The molecule has 2 atom stereocenters. The van der Waals surface area contributed by atoms with Crippen molar-refractivity contribution in [3.63, 3.8) is 0 Å². The number of imide groups is 2. The van der Waals surface area contributed by atoms with Crippen LogP contribution < -0.4 is 25.6 Å². The Kier molecular flexibility index (Phi) is 22.2. The third kappa shape index (κ3) is 16.5. The van der Waals surface area contributed by atoms with Gasteiger partial charge in [-0.25, -0.2) is 30.3 Å². The lowest BCUT2D eigenvalue weighted by molar-refractivity contribution is -0.250. The van der Waals surface area contributed by atoms with Crippen LogP contribution in [-0.4, -0.2) is 214 Å². The zero-order valence-electron chi connectivity index (χ0n) is 54.4. The van der Waals surface area contributed by atoms with Crippen molar-refractivity contribution >= 4 is 78.2 Å². The maximum Gasteiger partial charge on any atom is 0.501 e. The van der Waals surface area contributed by atoms with Gasteiger partial charge in [-0.2, -0.15) is 13.2 Å². The number of hydrogen-bond donors (Lipinski definition) is 4. The van der Waals surface area contributed by atoms with Crippen LogP contribution in [0.25, 0.3) is 0 Å². The highest BCUT2D eigenvalue weighted by Crippen LogP contribution is 2.79. The van der Waals surface area contributed by atoms with Gasteiger partial charge in [-0.1, -0.05) is 49.3 Å². The molecule has 1 unspecified atom stereocenters. The number of carbonyl (C=O) groups excluding carboxylic acids is 5. The number of nitrogens with zero attached hydrogens (tertiary/aromatic N) is 5. The number of piperidine rings is 1. The lowest BCUT2D eigenvalue weighted by Gasteiger charge is -2.72. The van der Waals surface area contributed by atoms with Gasteiger partial charge in [0.15, 0.2) is 0 Å². The molecule has 4 aliphatic heterocycles. The van der Waals surface area contributed by atoms with E-state index in [1.807, 2.05) is 35.1 Å².